The largest absolute Gasteiger partial charge is 0.497 e. The molecular weight excluding hydrogens is 462 g/mol. The number of amides is 1. The van der Waals surface area contributed by atoms with E-state index >= 15 is 0 Å². The van der Waals surface area contributed by atoms with E-state index in [0.717, 1.165) is 46.2 Å². The molecule has 0 spiro atoms. The van der Waals surface area contributed by atoms with E-state index < -0.39 is 10.5 Å². The molecule has 0 aliphatic heterocycles. The second-order valence-corrected chi connectivity index (χ2v) is 8.35. The highest BCUT2D eigenvalue weighted by atomic mass is 32.2. The summed E-state index contributed by atoms with van der Waals surface area (Å²) in [5, 5.41) is -1.05. The Kier molecular flexibility index (Phi) is 11.4. The van der Waals surface area contributed by atoms with Crippen molar-refractivity contribution >= 4 is 35.4 Å². The van der Waals surface area contributed by atoms with E-state index in [2.05, 4.69) is 0 Å². The molecule has 0 saturated carbocycles. The number of carbonyl (C=O) groups is 2. The first kappa shape index (κ1) is 27.5. The van der Waals surface area contributed by atoms with Gasteiger partial charge in [0.2, 0.25) is 0 Å². The molecule has 1 atom stereocenters. The van der Waals surface area contributed by atoms with Gasteiger partial charge in [0.15, 0.2) is 0 Å². The summed E-state index contributed by atoms with van der Waals surface area (Å²) in [6.07, 6.45) is 5.15. The quantitative estimate of drug-likeness (QED) is 0.252. The van der Waals surface area contributed by atoms with Crippen LogP contribution in [0.3, 0.4) is 0 Å². The number of carbonyl (C=O) groups excluding carboxylic acids is 2. The Labute approximate surface area is 211 Å². The summed E-state index contributed by atoms with van der Waals surface area (Å²) in [6, 6.07) is 20.8. The molecular formula is C28H31NO5S. The highest BCUT2D eigenvalue weighted by Crippen LogP contribution is 2.26. The van der Waals surface area contributed by atoms with Crippen molar-refractivity contribution in [3.05, 3.63) is 83.4 Å². The third kappa shape index (κ3) is 9.22. The van der Waals surface area contributed by atoms with Crippen LogP contribution in [0.2, 0.25) is 0 Å². The molecule has 2 N–H and O–H groups in total. The van der Waals surface area contributed by atoms with Gasteiger partial charge < -0.3 is 24.7 Å². The van der Waals surface area contributed by atoms with Crippen molar-refractivity contribution in [2.45, 2.75) is 25.5 Å². The molecule has 0 fully saturated rings. The molecule has 0 aliphatic carbocycles. The zero-order valence-electron chi connectivity index (χ0n) is 20.4. The minimum Gasteiger partial charge on any atom is -0.497 e. The number of rotatable bonds is 10. The molecule has 0 heterocycles. The fourth-order valence-electron chi connectivity index (χ4n) is 3.09. The first-order valence-corrected chi connectivity index (χ1v) is 12.1. The van der Waals surface area contributed by atoms with Crippen molar-refractivity contribution in [2.75, 3.05) is 14.2 Å². The highest BCUT2D eigenvalue weighted by molar-refractivity contribution is 8.14. The van der Waals surface area contributed by atoms with Crippen LogP contribution >= 0.6 is 11.8 Å². The van der Waals surface area contributed by atoms with Crippen LogP contribution in [-0.2, 0) is 11.2 Å². The number of ether oxygens (including phenoxy) is 3. The minimum absolute atomic E-state index is 0.428. The third-order valence-corrected chi connectivity index (χ3v) is 5.55. The minimum atomic E-state index is -0.562. The van der Waals surface area contributed by atoms with Gasteiger partial charge in [0.1, 0.15) is 29.3 Å². The van der Waals surface area contributed by atoms with Crippen LogP contribution in [0.5, 0.6) is 23.0 Å². The molecule has 0 radical (unpaired) electrons. The normalized spacial score (nSPS) is 11.2. The molecule has 35 heavy (non-hydrogen) atoms. The predicted octanol–water partition coefficient (Wildman–Crippen LogP) is 6.61. The Morgan fingerprint density at radius 1 is 0.829 bits per heavy atom. The third-order valence-electron chi connectivity index (χ3n) is 4.74. The number of thioether (sulfide) groups is 1. The number of methoxy groups -OCH3 is 2. The summed E-state index contributed by atoms with van der Waals surface area (Å²) in [7, 11) is 3.25. The van der Waals surface area contributed by atoms with Crippen molar-refractivity contribution in [3.63, 3.8) is 0 Å². The second-order valence-electron chi connectivity index (χ2n) is 7.11. The lowest BCUT2D eigenvalue weighted by atomic mass is 10.1. The van der Waals surface area contributed by atoms with Crippen LogP contribution in [0.1, 0.15) is 30.5 Å². The van der Waals surface area contributed by atoms with Crippen molar-refractivity contribution in [3.8, 4) is 23.0 Å². The molecule has 3 aromatic carbocycles. The van der Waals surface area contributed by atoms with E-state index in [9.17, 15) is 9.59 Å². The highest BCUT2D eigenvalue weighted by Gasteiger charge is 2.12. The molecule has 6 nitrogen and oxygen atoms in total. The van der Waals surface area contributed by atoms with Gasteiger partial charge in [-0.3, -0.25) is 4.79 Å². The summed E-state index contributed by atoms with van der Waals surface area (Å²) < 4.78 is 16.5. The van der Waals surface area contributed by atoms with Gasteiger partial charge in [0, 0.05) is 6.07 Å². The van der Waals surface area contributed by atoms with E-state index in [1.807, 2.05) is 92.7 Å². The SMILES string of the molecule is CC.COc1cc(/C=C\c2ccc(Oc3ccc(CC(C=O)SC(N)=O)cc3)cc2)cc(OC)c1. The summed E-state index contributed by atoms with van der Waals surface area (Å²) in [4.78, 5) is 22.1. The number of hydrogen-bond acceptors (Lipinski definition) is 6. The van der Waals surface area contributed by atoms with Gasteiger partial charge in [-0.15, -0.1) is 0 Å². The zero-order valence-corrected chi connectivity index (χ0v) is 21.2. The average molecular weight is 494 g/mol. The smallest absolute Gasteiger partial charge is 0.277 e. The van der Waals surface area contributed by atoms with Gasteiger partial charge in [-0.1, -0.05) is 62.0 Å². The van der Waals surface area contributed by atoms with Crippen molar-refractivity contribution in [2.24, 2.45) is 5.73 Å². The topological polar surface area (TPSA) is 87.9 Å². The van der Waals surface area contributed by atoms with Gasteiger partial charge in [-0.05, 0) is 59.5 Å². The molecule has 0 saturated heterocycles. The van der Waals surface area contributed by atoms with E-state index in [1.165, 1.54) is 0 Å². The van der Waals surface area contributed by atoms with Gasteiger partial charge in [0.25, 0.3) is 5.24 Å². The lowest BCUT2D eigenvalue weighted by Crippen LogP contribution is -2.15. The zero-order chi connectivity index (χ0) is 25.6. The fourth-order valence-corrected chi connectivity index (χ4v) is 3.72. The molecule has 184 valence electrons. The molecule has 1 amide bonds. The molecule has 0 aromatic heterocycles. The first-order chi connectivity index (χ1) is 17.0. The van der Waals surface area contributed by atoms with Gasteiger partial charge in [0.05, 0.1) is 19.5 Å². The lowest BCUT2D eigenvalue weighted by Gasteiger charge is -2.09. The van der Waals surface area contributed by atoms with Crippen LogP contribution in [0.25, 0.3) is 12.2 Å². The Morgan fingerprint density at radius 3 is 1.83 bits per heavy atom. The van der Waals surface area contributed by atoms with E-state index in [-0.39, 0.29) is 0 Å². The maximum absolute atomic E-state index is 11.1. The van der Waals surface area contributed by atoms with Gasteiger partial charge in [-0.25, -0.2) is 0 Å². The summed E-state index contributed by atoms with van der Waals surface area (Å²) >= 11 is 0.830. The molecule has 1 unspecified atom stereocenters. The molecule has 0 aliphatic rings. The van der Waals surface area contributed by atoms with Crippen LogP contribution in [0, 0.1) is 0 Å². The van der Waals surface area contributed by atoms with Crippen LogP contribution in [0.4, 0.5) is 4.79 Å². The average Bonchev–Trinajstić information content (AvgIpc) is 2.89. The first-order valence-electron chi connectivity index (χ1n) is 11.2. The second kappa shape index (κ2) is 14.5. The number of aldehydes is 1. The molecule has 0 bridgehead atoms. The number of nitrogens with two attached hydrogens (primary N) is 1. The van der Waals surface area contributed by atoms with Crippen molar-refractivity contribution in [1.29, 1.82) is 0 Å². The van der Waals surface area contributed by atoms with E-state index in [1.54, 1.807) is 14.2 Å². The number of primary amides is 1. The van der Waals surface area contributed by atoms with Crippen LogP contribution in [0.15, 0.2) is 66.7 Å². The summed E-state index contributed by atoms with van der Waals surface area (Å²) in [6.45, 7) is 4.00. The monoisotopic (exact) mass is 493 g/mol. The Morgan fingerprint density at radius 2 is 1.34 bits per heavy atom. The van der Waals surface area contributed by atoms with Crippen molar-refractivity contribution < 1.29 is 23.8 Å². The Bertz CT molecular complexity index is 1090. The Balaban J connectivity index is 0.00000210. The standard InChI is InChI=1S/C26H25NO5S.C2H6/c1-30-23-13-20(14-24(16-23)31-2)4-3-18-5-9-21(10-6-18)32-22-11-7-19(8-12-22)15-25(17-28)33-26(27)29;1-2/h3-14,16-17,25H,15H2,1-2H3,(H2,27,29);1-2H3/b4-3-;. The van der Waals surface area contributed by atoms with E-state index in [4.69, 9.17) is 19.9 Å². The number of hydrogen-bond donors (Lipinski definition) is 1. The number of benzene rings is 3. The van der Waals surface area contributed by atoms with Gasteiger partial charge in [-0.2, -0.15) is 0 Å². The maximum Gasteiger partial charge on any atom is 0.277 e. The van der Waals surface area contributed by atoms with Gasteiger partial charge >= 0.3 is 0 Å². The lowest BCUT2D eigenvalue weighted by molar-refractivity contribution is -0.107. The fraction of sp³-hybridized carbons (Fsp3) is 0.214. The van der Waals surface area contributed by atoms with Crippen LogP contribution in [-0.4, -0.2) is 31.0 Å². The Hall–Kier alpha value is -3.71. The molecule has 7 heteroatoms. The van der Waals surface area contributed by atoms with E-state index in [0.29, 0.717) is 17.9 Å². The molecule has 3 rings (SSSR count). The van der Waals surface area contributed by atoms with Crippen molar-refractivity contribution in [1.82, 2.24) is 0 Å². The summed E-state index contributed by atoms with van der Waals surface area (Å²) in [5.41, 5.74) is 8.06. The molecule has 3 aromatic rings. The van der Waals surface area contributed by atoms with Crippen LogP contribution < -0.4 is 19.9 Å². The summed E-state index contributed by atoms with van der Waals surface area (Å²) in [5.74, 6) is 2.85. The maximum atomic E-state index is 11.1. The predicted molar refractivity (Wildman–Crippen MR) is 144 cm³/mol.